The Balaban J connectivity index is 0. The van der Waals surface area contributed by atoms with Crippen molar-refractivity contribution in [3.8, 4) is 0 Å². The van der Waals surface area contributed by atoms with Crippen LogP contribution >= 0.6 is 0 Å². The Bertz CT molecular complexity index is 551. The van der Waals surface area contributed by atoms with Crippen molar-refractivity contribution in [2.75, 3.05) is 13.2 Å². The van der Waals surface area contributed by atoms with Crippen molar-refractivity contribution in [1.82, 2.24) is 0 Å². The van der Waals surface area contributed by atoms with Crippen LogP contribution in [0.3, 0.4) is 0 Å². The Hall–Kier alpha value is -0.618. The molecule has 0 aliphatic rings. The number of hydrogen-bond acceptors (Lipinski definition) is 6. The van der Waals surface area contributed by atoms with Gasteiger partial charge in [-0.3, -0.25) is 14.1 Å². The van der Waals surface area contributed by atoms with Crippen LogP contribution in [0.4, 0.5) is 0 Å². The third-order valence-corrected chi connectivity index (χ3v) is 6.08. The second-order valence-corrected chi connectivity index (χ2v) is 8.95. The number of esters is 2. The fourth-order valence-corrected chi connectivity index (χ4v) is 3.48. The highest BCUT2D eigenvalue weighted by Gasteiger charge is 2.36. The maximum atomic E-state index is 12.2. The second kappa shape index (κ2) is 17.1. The maximum absolute atomic E-state index is 12.2. The zero-order valence-electron chi connectivity index (χ0n) is 17.8. The summed E-state index contributed by atoms with van der Waals surface area (Å²) in [5.74, 6) is -1.61. The molecule has 0 heterocycles. The lowest BCUT2D eigenvalue weighted by Crippen LogP contribution is -2.35. The topological polar surface area (TPSA) is 107 Å². The van der Waals surface area contributed by atoms with Gasteiger partial charge in [-0.15, -0.1) is 0 Å². The molecule has 0 rings (SSSR count). The van der Waals surface area contributed by atoms with Gasteiger partial charge < -0.3 is 9.47 Å². The van der Waals surface area contributed by atoms with Crippen molar-refractivity contribution in [3.63, 3.8) is 0 Å². The average molecular weight is 453 g/mol. The van der Waals surface area contributed by atoms with Crippen LogP contribution in [0.15, 0.2) is 0 Å². The van der Waals surface area contributed by atoms with E-state index in [1.165, 1.54) is 0 Å². The van der Waals surface area contributed by atoms with Gasteiger partial charge >= 0.3 is 11.9 Å². The first-order valence-corrected chi connectivity index (χ1v) is 12.0. The molecular weight excluding hydrogens is 411 g/mol. The summed E-state index contributed by atoms with van der Waals surface area (Å²) in [6.45, 7) is 8.35. The molecule has 0 aromatic carbocycles. The van der Waals surface area contributed by atoms with Gasteiger partial charge in [0.1, 0.15) is 0 Å². The molecule has 0 aromatic rings. The minimum absolute atomic E-state index is 0. The zero-order chi connectivity index (χ0) is 21.6. The first-order valence-electron chi connectivity index (χ1n) is 10.5. The number of ether oxygens (including phenoxy) is 2. The molecule has 0 saturated carbocycles. The predicted octanol–water partition coefficient (Wildman–Crippen LogP) is 2.97. The Kier molecular flexibility index (Phi) is 18.0. The molecule has 1 N–H and O–H groups in total. The van der Waals surface area contributed by atoms with Gasteiger partial charge in [0.25, 0.3) is 10.1 Å². The van der Waals surface area contributed by atoms with Gasteiger partial charge in [0.2, 0.25) is 0 Å². The van der Waals surface area contributed by atoms with Crippen LogP contribution in [0, 0.1) is 11.8 Å². The number of carbonyl (C=O) groups excluding carboxylic acids is 2. The Morgan fingerprint density at radius 2 is 1.31 bits per heavy atom. The van der Waals surface area contributed by atoms with E-state index in [2.05, 4.69) is 13.8 Å². The van der Waals surface area contributed by atoms with Crippen LogP contribution in [-0.2, 0) is 29.2 Å². The zero-order valence-corrected chi connectivity index (χ0v) is 18.6. The molecule has 0 bridgehead atoms. The molecule has 3 unspecified atom stereocenters. The summed E-state index contributed by atoms with van der Waals surface area (Å²) in [6, 6.07) is 0. The Morgan fingerprint density at radius 1 is 0.862 bits per heavy atom. The van der Waals surface area contributed by atoms with E-state index in [-0.39, 0.29) is 42.4 Å². The van der Waals surface area contributed by atoms with Crippen LogP contribution in [0.2, 0.25) is 0 Å². The van der Waals surface area contributed by atoms with Crippen molar-refractivity contribution >= 4 is 39.4 Å². The average Bonchev–Trinajstić information content (AvgIpc) is 2.65. The molecule has 0 aromatic heterocycles. The maximum Gasteiger partial charge on any atom is 0.327 e. The third-order valence-electron chi connectivity index (χ3n) is 5.00. The van der Waals surface area contributed by atoms with Crippen molar-refractivity contribution in [2.45, 2.75) is 90.7 Å². The summed E-state index contributed by atoms with van der Waals surface area (Å²) in [6.07, 6.45) is 6.74. The van der Waals surface area contributed by atoms with Crippen LogP contribution < -0.4 is 0 Å². The van der Waals surface area contributed by atoms with Crippen LogP contribution in [-0.4, -0.2) is 60.7 Å². The third kappa shape index (κ3) is 14.1. The highest BCUT2D eigenvalue weighted by molar-refractivity contribution is 7.87. The molecule has 0 aliphatic carbocycles. The van der Waals surface area contributed by atoms with E-state index in [4.69, 9.17) is 9.47 Å². The quantitative estimate of drug-likeness (QED) is 0.218. The molecular formula is C20H41AlO7S. The number of unbranched alkanes of at least 4 members (excludes halogenated alkanes) is 2. The number of carbonyl (C=O) groups is 2. The van der Waals surface area contributed by atoms with Crippen LogP contribution in [0.25, 0.3) is 0 Å². The normalized spacial score (nSPS) is 14.4. The lowest BCUT2D eigenvalue weighted by molar-refractivity contribution is -0.151. The summed E-state index contributed by atoms with van der Waals surface area (Å²) in [7, 11) is -4.76. The van der Waals surface area contributed by atoms with Gasteiger partial charge in [-0.1, -0.05) is 66.2 Å². The lowest BCUT2D eigenvalue weighted by Gasteiger charge is -2.18. The van der Waals surface area contributed by atoms with Crippen molar-refractivity contribution in [2.24, 2.45) is 11.8 Å². The van der Waals surface area contributed by atoms with Gasteiger partial charge in [-0.25, -0.2) is 0 Å². The van der Waals surface area contributed by atoms with E-state index in [1.54, 1.807) is 0 Å². The molecule has 0 aliphatic heterocycles. The molecule has 9 heteroatoms. The predicted molar refractivity (Wildman–Crippen MR) is 118 cm³/mol. The van der Waals surface area contributed by atoms with E-state index in [0.29, 0.717) is 0 Å². The fraction of sp³-hybridized carbons (Fsp3) is 0.900. The van der Waals surface area contributed by atoms with Gasteiger partial charge in [-0.2, -0.15) is 8.42 Å². The summed E-state index contributed by atoms with van der Waals surface area (Å²) in [5, 5.41) is -1.95. The molecule has 0 spiro atoms. The van der Waals surface area contributed by atoms with Crippen LogP contribution in [0.1, 0.15) is 85.5 Å². The summed E-state index contributed by atoms with van der Waals surface area (Å²) >= 11 is 0. The molecule has 3 atom stereocenters. The highest BCUT2D eigenvalue weighted by atomic mass is 32.2. The van der Waals surface area contributed by atoms with E-state index in [0.717, 1.165) is 51.4 Å². The molecule has 0 saturated heterocycles. The van der Waals surface area contributed by atoms with E-state index >= 15 is 0 Å². The summed E-state index contributed by atoms with van der Waals surface area (Å²) < 4.78 is 42.8. The van der Waals surface area contributed by atoms with E-state index in [9.17, 15) is 22.6 Å². The standard InChI is InChI=1S/C20H38O7S.Al.3H/c1-5-9-11-16(7-3)14-26-19(21)13-18(28(23,24)25)20(22)27-15-17(8-4)12-10-6-2;;;;/h16-18H,5-15H2,1-4H3,(H,23,24,25);;;;. The minimum atomic E-state index is -4.76. The highest BCUT2D eigenvalue weighted by Crippen LogP contribution is 2.17. The Labute approximate surface area is 187 Å². The van der Waals surface area contributed by atoms with Gasteiger partial charge in [0, 0.05) is 0 Å². The monoisotopic (exact) mass is 452 g/mol. The summed E-state index contributed by atoms with van der Waals surface area (Å²) in [4.78, 5) is 24.2. The lowest BCUT2D eigenvalue weighted by atomic mass is 10.0. The van der Waals surface area contributed by atoms with Crippen molar-refractivity contribution < 1.29 is 32.0 Å². The first kappa shape index (κ1) is 30.6. The molecule has 0 amide bonds. The van der Waals surface area contributed by atoms with Gasteiger partial charge in [-0.05, 0) is 24.7 Å². The SMILES string of the molecule is CCCCC(CC)COC(=O)CC(C(=O)OCC(CC)CCCC)S(=O)(=O)O.[AlH3]. The smallest absolute Gasteiger partial charge is 0.327 e. The largest absolute Gasteiger partial charge is 0.465 e. The van der Waals surface area contributed by atoms with Gasteiger partial charge in [0.15, 0.2) is 22.6 Å². The van der Waals surface area contributed by atoms with E-state index in [1.807, 2.05) is 13.8 Å². The summed E-state index contributed by atoms with van der Waals surface area (Å²) in [5.41, 5.74) is 0. The minimum Gasteiger partial charge on any atom is -0.465 e. The number of rotatable bonds is 16. The molecule has 7 nitrogen and oxygen atoms in total. The van der Waals surface area contributed by atoms with Crippen molar-refractivity contribution in [1.29, 1.82) is 0 Å². The van der Waals surface area contributed by atoms with Gasteiger partial charge in [0.05, 0.1) is 19.6 Å². The van der Waals surface area contributed by atoms with Crippen LogP contribution in [0.5, 0.6) is 0 Å². The fourth-order valence-electron chi connectivity index (χ4n) is 2.82. The van der Waals surface area contributed by atoms with E-state index < -0.39 is 33.7 Å². The number of hydrogen-bond donors (Lipinski definition) is 1. The van der Waals surface area contributed by atoms with Crippen molar-refractivity contribution in [3.05, 3.63) is 0 Å². The molecule has 172 valence electrons. The molecule has 0 fully saturated rings. The first-order chi connectivity index (χ1) is 13.2. The second-order valence-electron chi connectivity index (χ2n) is 7.35. The molecule has 29 heavy (non-hydrogen) atoms. The molecule has 0 radical (unpaired) electrons. The Morgan fingerprint density at radius 3 is 1.69 bits per heavy atom.